The molecule has 0 saturated heterocycles. The molecule has 34 heavy (non-hydrogen) atoms. The van der Waals surface area contributed by atoms with Crippen LogP contribution in [0.1, 0.15) is 18.1 Å². The number of hydrogen-bond donors (Lipinski definition) is 2. The summed E-state index contributed by atoms with van der Waals surface area (Å²) in [6.07, 6.45) is 1.59. The van der Waals surface area contributed by atoms with Crippen molar-refractivity contribution in [2.45, 2.75) is 25.2 Å². The molecule has 0 aliphatic carbocycles. The Kier molecular flexibility index (Phi) is 7.83. The Labute approximate surface area is 202 Å². The van der Waals surface area contributed by atoms with Gasteiger partial charge in [-0.25, -0.2) is 15.0 Å². The topological polar surface area (TPSA) is 79.6 Å². The standard InChI is InChI=1S/C26H26N4O3S/c1-3-30-22-12-8-7-11-21(22)28-26(30)34-18-25(31)29-27-16-20-13-14-23(32-2)24(15-20)33-17-19-9-5-4-6-10-19/h4-16H,3,17-18H2,1-2H3,(H,29,31)/p+1. The number of ether oxygens (including phenoxy) is 2. The van der Waals surface area contributed by atoms with Gasteiger partial charge in [0, 0.05) is 0 Å². The van der Waals surface area contributed by atoms with Crippen molar-refractivity contribution in [2.24, 2.45) is 5.10 Å². The molecule has 3 aromatic carbocycles. The molecule has 1 heterocycles. The van der Waals surface area contributed by atoms with Crippen molar-refractivity contribution < 1.29 is 18.8 Å². The number of H-pyrrole nitrogens is 1. The normalized spacial score (nSPS) is 11.1. The van der Waals surface area contributed by atoms with Crippen LogP contribution in [0.25, 0.3) is 11.0 Å². The summed E-state index contributed by atoms with van der Waals surface area (Å²) >= 11 is 1.45. The number of fused-ring (bicyclic) bond motifs is 1. The molecule has 0 spiro atoms. The molecule has 0 unspecified atom stereocenters. The summed E-state index contributed by atoms with van der Waals surface area (Å²) in [4.78, 5) is 15.7. The molecule has 2 N–H and O–H groups in total. The van der Waals surface area contributed by atoms with Crippen LogP contribution in [-0.2, 0) is 17.9 Å². The van der Waals surface area contributed by atoms with E-state index in [0.717, 1.165) is 33.9 Å². The number of carbonyl (C=O) groups excluding carboxylic acids is 1. The highest BCUT2D eigenvalue weighted by Crippen LogP contribution is 2.28. The minimum absolute atomic E-state index is 0.184. The van der Waals surface area contributed by atoms with Crippen molar-refractivity contribution >= 4 is 34.9 Å². The Morgan fingerprint density at radius 2 is 1.88 bits per heavy atom. The third-order valence-corrected chi connectivity index (χ3v) is 6.17. The van der Waals surface area contributed by atoms with Crippen LogP contribution in [0.5, 0.6) is 11.5 Å². The first-order chi connectivity index (χ1) is 16.7. The Hall–Kier alpha value is -3.78. The Morgan fingerprint density at radius 3 is 2.68 bits per heavy atom. The van der Waals surface area contributed by atoms with Gasteiger partial charge in [-0.2, -0.15) is 5.10 Å². The molecule has 0 atom stereocenters. The molecule has 0 radical (unpaired) electrons. The molecule has 1 aromatic heterocycles. The van der Waals surface area contributed by atoms with Gasteiger partial charge in [-0.1, -0.05) is 42.5 Å². The number of rotatable bonds is 10. The number of hydrazone groups is 1. The SMILES string of the molecule is CC[n+]1c(SCC(=O)NN=Cc2ccc(OC)c(OCc3ccccc3)c2)[nH]c2ccccc21. The quantitative estimate of drug-likeness (QED) is 0.155. The predicted octanol–water partition coefficient (Wildman–Crippen LogP) is 4.31. The Balaban J connectivity index is 1.34. The maximum absolute atomic E-state index is 12.3. The molecule has 7 nitrogen and oxygen atoms in total. The highest BCUT2D eigenvalue weighted by molar-refractivity contribution is 7.99. The van der Waals surface area contributed by atoms with E-state index < -0.39 is 0 Å². The number of amides is 1. The lowest BCUT2D eigenvalue weighted by Crippen LogP contribution is -2.34. The highest BCUT2D eigenvalue weighted by Gasteiger charge is 2.18. The zero-order valence-electron chi connectivity index (χ0n) is 19.2. The zero-order chi connectivity index (χ0) is 23.8. The van der Waals surface area contributed by atoms with E-state index in [0.29, 0.717) is 18.1 Å². The van der Waals surface area contributed by atoms with Gasteiger partial charge >= 0.3 is 5.16 Å². The zero-order valence-corrected chi connectivity index (χ0v) is 20.0. The maximum Gasteiger partial charge on any atom is 0.317 e. The number of methoxy groups -OCH3 is 1. The monoisotopic (exact) mass is 475 g/mol. The summed E-state index contributed by atoms with van der Waals surface area (Å²) < 4.78 is 13.5. The van der Waals surface area contributed by atoms with Crippen LogP contribution in [0.4, 0.5) is 0 Å². The second-order valence-electron chi connectivity index (χ2n) is 7.46. The number of carbonyl (C=O) groups is 1. The van der Waals surface area contributed by atoms with Gasteiger partial charge in [-0.05, 0) is 60.1 Å². The van der Waals surface area contributed by atoms with Crippen LogP contribution in [-0.4, -0.2) is 30.0 Å². The number of hydrogen-bond acceptors (Lipinski definition) is 5. The first-order valence-corrected chi connectivity index (χ1v) is 12.0. The molecule has 1 amide bonds. The van der Waals surface area contributed by atoms with Crippen LogP contribution in [0.15, 0.2) is 83.1 Å². The number of para-hydroxylation sites is 2. The number of aromatic amines is 1. The minimum Gasteiger partial charge on any atom is -0.493 e. The van der Waals surface area contributed by atoms with E-state index in [1.54, 1.807) is 13.3 Å². The van der Waals surface area contributed by atoms with E-state index in [4.69, 9.17) is 9.47 Å². The molecule has 4 rings (SSSR count). The van der Waals surface area contributed by atoms with Crippen molar-refractivity contribution in [3.8, 4) is 11.5 Å². The first-order valence-electron chi connectivity index (χ1n) is 11.0. The molecule has 0 saturated carbocycles. The number of nitrogens with one attached hydrogen (secondary N) is 2. The summed E-state index contributed by atoms with van der Waals surface area (Å²) in [5.74, 6) is 1.31. The Bertz CT molecular complexity index is 1290. The largest absolute Gasteiger partial charge is 0.493 e. The van der Waals surface area contributed by atoms with Crippen molar-refractivity contribution in [1.82, 2.24) is 10.4 Å². The van der Waals surface area contributed by atoms with Crippen LogP contribution in [0.2, 0.25) is 0 Å². The van der Waals surface area contributed by atoms with E-state index in [9.17, 15) is 4.79 Å². The molecule has 174 valence electrons. The van der Waals surface area contributed by atoms with E-state index >= 15 is 0 Å². The molecule has 4 aromatic rings. The molecule has 8 heteroatoms. The molecule has 0 aliphatic heterocycles. The lowest BCUT2D eigenvalue weighted by Gasteiger charge is -2.11. The van der Waals surface area contributed by atoms with Crippen LogP contribution in [0.3, 0.4) is 0 Å². The fraction of sp³-hybridized carbons (Fsp3) is 0.192. The molecule has 0 bridgehead atoms. The maximum atomic E-state index is 12.3. The number of thioether (sulfide) groups is 1. The van der Waals surface area contributed by atoms with Crippen LogP contribution in [0, 0.1) is 0 Å². The number of benzene rings is 3. The molecule has 0 fully saturated rings. The van der Waals surface area contributed by atoms with Crippen LogP contribution < -0.4 is 19.5 Å². The van der Waals surface area contributed by atoms with Gasteiger partial charge in [-0.15, -0.1) is 0 Å². The van der Waals surface area contributed by atoms with Crippen molar-refractivity contribution in [3.05, 3.63) is 83.9 Å². The van der Waals surface area contributed by atoms with E-state index in [2.05, 4.69) is 33.1 Å². The smallest absolute Gasteiger partial charge is 0.317 e. The van der Waals surface area contributed by atoms with E-state index in [-0.39, 0.29) is 11.7 Å². The minimum atomic E-state index is -0.184. The predicted molar refractivity (Wildman–Crippen MR) is 134 cm³/mol. The second kappa shape index (κ2) is 11.4. The van der Waals surface area contributed by atoms with Gasteiger partial charge < -0.3 is 9.47 Å². The van der Waals surface area contributed by atoms with Gasteiger partial charge in [0.25, 0.3) is 5.91 Å². The first kappa shape index (κ1) is 23.4. The number of aromatic nitrogens is 2. The molecular formula is C26H27N4O3S+. The number of aryl methyl sites for hydroxylation is 1. The lowest BCUT2D eigenvalue weighted by molar-refractivity contribution is -0.705. The average Bonchev–Trinajstić information content (AvgIpc) is 3.24. The molecule has 0 aliphatic rings. The highest BCUT2D eigenvalue weighted by atomic mass is 32.2. The fourth-order valence-corrected chi connectivity index (χ4v) is 4.40. The van der Waals surface area contributed by atoms with Crippen LogP contribution >= 0.6 is 11.8 Å². The Morgan fingerprint density at radius 1 is 1.09 bits per heavy atom. The van der Waals surface area contributed by atoms with E-state index in [1.807, 2.05) is 66.7 Å². The van der Waals surface area contributed by atoms with Gasteiger partial charge in [0.15, 0.2) is 22.5 Å². The van der Waals surface area contributed by atoms with Gasteiger partial charge in [0.05, 0.1) is 25.6 Å². The summed E-state index contributed by atoms with van der Waals surface area (Å²) in [5, 5.41) is 5.05. The summed E-state index contributed by atoms with van der Waals surface area (Å²) in [5.41, 5.74) is 6.62. The van der Waals surface area contributed by atoms with Crippen molar-refractivity contribution in [1.29, 1.82) is 0 Å². The third-order valence-electron chi connectivity index (χ3n) is 5.17. The number of nitrogens with zero attached hydrogens (tertiary/aromatic N) is 2. The average molecular weight is 476 g/mol. The van der Waals surface area contributed by atoms with Gasteiger partial charge in [0.2, 0.25) is 0 Å². The lowest BCUT2D eigenvalue weighted by atomic mass is 10.2. The summed E-state index contributed by atoms with van der Waals surface area (Å²) in [7, 11) is 1.60. The van der Waals surface area contributed by atoms with Crippen molar-refractivity contribution in [2.75, 3.05) is 12.9 Å². The third kappa shape index (κ3) is 5.77. The van der Waals surface area contributed by atoms with E-state index in [1.165, 1.54) is 11.8 Å². The molecular weight excluding hydrogens is 448 g/mol. The number of imidazole rings is 1. The fourth-order valence-electron chi connectivity index (χ4n) is 3.50. The summed E-state index contributed by atoms with van der Waals surface area (Å²) in [6, 6.07) is 23.5. The second-order valence-corrected chi connectivity index (χ2v) is 8.42. The van der Waals surface area contributed by atoms with Gasteiger partial charge in [-0.3, -0.25) is 4.79 Å². The van der Waals surface area contributed by atoms with Gasteiger partial charge in [0.1, 0.15) is 6.61 Å². The summed E-state index contributed by atoms with van der Waals surface area (Å²) in [6.45, 7) is 3.33. The van der Waals surface area contributed by atoms with Crippen molar-refractivity contribution in [3.63, 3.8) is 0 Å².